The lowest BCUT2D eigenvalue weighted by molar-refractivity contribution is -0.145. The third kappa shape index (κ3) is 10.5. The first-order valence-corrected chi connectivity index (χ1v) is 19.4. The number of hydrogen-bond acceptors (Lipinski definition) is 6. The van der Waals surface area contributed by atoms with E-state index in [-0.39, 0.29) is 12.5 Å². The Hall–Kier alpha value is -5.94. The van der Waals surface area contributed by atoms with Crippen molar-refractivity contribution in [1.29, 1.82) is 0 Å². The second kappa shape index (κ2) is 18.3. The number of piperazine rings is 2. The maximum absolute atomic E-state index is 14.7. The molecule has 4 aromatic carbocycles. The molecule has 0 aliphatic carbocycles. The zero-order chi connectivity index (χ0) is 39.6. The summed E-state index contributed by atoms with van der Waals surface area (Å²) in [7, 11) is 0. The Bertz CT molecular complexity index is 2070. The first-order valence-electron chi connectivity index (χ1n) is 19.4. The Labute approximate surface area is 332 Å². The molecule has 0 N–H and O–H groups in total. The Morgan fingerprint density at radius 2 is 1.28 bits per heavy atom. The van der Waals surface area contributed by atoms with Crippen LogP contribution in [0.5, 0.6) is 0 Å². The maximum atomic E-state index is 14.7. The highest BCUT2D eigenvalue weighted by Gasteiger charge is 2.34. The average Bonchev–Trinajstić information content (AvgIpc) is 3.25. The van der Waals surface area contributed by atoms with Gasteiger partial charge in [0, 0.05) is 89.8 Å². The number of aromatic nitrogens is 1. The summed E-state index contributed by atoms with van der Waals surface area (Å²) in [5, 5.41) is 0. The van der Waals surface area contributed by atoms with Crippen LogP contribution in [0.2, 0.25) is 0 Å². The van der Waals surface area contributed by atoms with Crippen LogP contribution in [-0.4, -0.2) is 89.9 Å². The van der Waals surface area contributed by atoms with E-state index >= 15 is 0 Å². The van der Waals surface area contributed by atoms with E-state index in [0.29, 0.717) is 38.2 Å². The molecule has 294 valence electrons. The van der Waals surface area contributed by atoms with Gasteiger partial charge >= 0.3 is 6.18 Å². The fraction of sp³-hybridized carbons (Fsp3) is 0.283. The van der Waals surface area contributed by atoms with Crippen LogP contribution < -0.4 is 9.80 Å². The van der Waals surface area contributed by atoms with Gasteiger partial charge in [-0.15, -0.1) is 0 Å². The summed E-state index contributed by atoms with van der Waals surface area (Å²) in [4.78, 5) is 43.9. The molecule has 0 bridgehead atoms. The summed E-state index contributed by atoms with van der Waals surface area (Å²) >= 11 is 0. The minimum atomic E-state index is -4.46. The smallest absolute Gasteiger partial charge is 0.368 e. The molecule has 1 aromatic heterocycles. The monoisotopic (exact) mass is 772 g/mol. The van der Waals surface area contributed by atoms with Gasteiger partial charge in [0.15, 0.2) is 0 Å². The number of pyridine rings is 1. The number of carbonyl (C=O) groups excluding carboxylic acids is 2. The van der Waals surface area contributed by atoms with Crippen molar-refractivity contribution >= 4 is 29.4 Å². The zero-order valence-electron chi connectivity index (χ0n) is 31.8. The van der Waals surface area contributed by atoms with E-state index in [1.807, 2.05) is 90.0 Å². The highest BCUT2D eigenvalue weighted by Crippen LogP contribution is 2.29. The van der Waals surface area contributed by atoms with Crippen molar-refractivity contribution in [2.75, 3.05) is 62.2 Å². The summed E-state index contributed by atoms with van der Waals surface area (Å²) in [6.45, 7) is 6.80. The first kappa shape index (κ1) is 39.3. The first-order chi connectivity index (χ1) is 27.7. The molecule has 2 aliphatic rings. The van der Waals surface area contributed by atoms with E-state index in [1.54, 1.807) is 4.90 Å². The van der Waals surface area contributed by atoms with E-state index in [2.05, 4.69) is 43.9 Å². The number of halogens is 3. The molecule has 7 rings (SSSR count). The molecule has 0 unspecified atom stereocenters. The summed E-state index contributed by atoms with van der Waals surface area (Å²) in [5.41, 5.74) is 3.76. The van der Waals surface area contributed by atoms with Crippen LogP contribution in [0.4, 0.5) is 24.7 Å². The number of hydrogen-bond donors (Lipinski definition) is 0. The van der Waals surface area contributed by atoms with Gasteiger partial charge in [-0.25, -0.2) is 4.98 Å². The largest absolute Gasteiger partial charge is 0.416 e. The van der Waals surface area contributed by atoms with Gasteiger partial charge in [0.2, 0.25) is 11.8 Å². The van der Waals surface area contributed by atoms with Crippen molar-refractivity contribution in [2.45, 2.75) is 31.7 Å². The van der Waals surface area contributed by atoms with Crippen molar-refractivity contribution in [3.05, 3.63) is 167 Å². The predicted molar refractivity (Wildman–Crippen MR) is 218 cm³/mol. The predicted octanol–water partition coefficient (Wildman–Crippen LogP) is 7.42. The number of amides is 2. The van der Waals surface area contributed by atoms with Gasteiger partial charge in [0.05, 0.1) is 5.56 Å². The maximum Gasteiger partial charge on any atom is 0.416 e. The quantitative estimate of drug-likeness (QED) is 0.123. The van der Waals surface area contributed by atoms with Crippen molar-refractivity contribution in [2.24, 2.45) is 0 Å². The molecule has 2 aliphatic heterocycles. The molecule has 57 heavy (non-hydrogen) atoms. The molecule has 11 heteroatoms. The molecular weight excluding hydrogens is 726 g/mol. The minimum absolute atomic E-state index is 0.128. The van der Waals surface area contributed by atoms with Gasteiger partial charge < -0.3 is 19.6 Å². The molecule has 2 fully saturated rings. The van der Waals surface area contributed by atoms with E-state index in [0.717, 1.165) is 67.5 Å². The van der Waals surface area contributed by atoms with Crippen LogP contribution in [0.1, 0.15) is 27.8 Å². The fourth-order valence-corrected chi connectivity index (χ4v) is 7.48. The molecule has 0 saturated carbocycles. The van der Waals surface area contributed by atoms with Gasteiger partial charge in [0.25, 0.3) is 0 Å². The van der Waals surface area contributed by atoms with Gasteiger partial charge in [-0.2, -0.15) is 13.2 Å². The lowest BCUT2D eigenvalue weighted by Gasteiger charge is -2.39. The van der Waals surface area contributed by atoms with Crippen molar-refractivity contribution < 1.29 is 22.8 Å². The number of carbonyl (C=O) groups is 2. The zero-order valence-corrected chi connectivity index (χ0v) is 31.8. The molecular formula is C46H47F3N6O2. The van der Waals surface area contributed by atoms with E-state index in [4.69, 9.17) is 0 Å². The second-order valence-electron chi connectivity index (χ2n) is 14.5. The summed E-state index contributed by atoms with van der Waals surface area (Å²) in [5.74, 6) is 0.441. The summed E-state index contributed by atoms with van der Waals surface area (Å²) in [6, 6.07) is 37.9. The van der Waals surface area contributed by atoms with Crippen LogP contribution in [0.25, 0.3) is 6.08 Å². The van der Waals surface area contributed by atoms with Crippen LogP contribution in [0.3, 0.4) is 0 Å². The molecule has 3 heterocycles. The van der Waals surface area contributed by atoms with Crippen LogP contribution >= 0.6 is 0 Å². The minimum Gasteiger partial charge on any atom is -0.368 e. The van der Waals surface area contributed by atoms with Crippen LogP contribution in [0, 0.1) is 0 Å². The van der Waals surface area contributed by atoms with Gasteiger partial charge in [-0.3, -0.25) is 14.5 Å². The Balaban J connectivity index is 1.12. The SMILES string of the molecule is O=C([C@H](Cc1ccccc1)N(Cc1ccc(N2CCN(c3ccccn3)CC2)cc1)C(=O)C=Cc1ccc(C(F)(F)F)cc1)N1CCN(Cc2ccccc2)CC1. The summed E-state index contributed by atoms with van der Waals surface area (Å²) < 4.78 is 39.7. The molecule has 2 amide bonds. The number of anilines is 2. The fourth-order valence-electron chi connectivity index (χ4n) is 7.48. The highest BCUT2D eigenvalue weighted by molar-refractivity contribution is 5.95. The lowest BCUT2D eigenvalue weighted by atomic mass is 10.0. The lowest BCUT2D eigenvalue weighted by Crippen LogP contribution is -2.56. The standard InChI is InChI=1S/C46H47F3N6O2/c47-46(48,49)40-19-14-36(15-20-40)18-23-44(56)55(35-39-16-21-41(22-17-39)52-29-31-53(32-30-52)43-13-7-8-24-50-43)42(33-37-9-3-1-4-10-37)45(57)54-27-25-51(26-28-54)34-38-11-5-2-6-12-38/h1-24,42H,25-35H2/t42-/m0/s1. The third-order valence-electron chi connectivity index (χ3n) is 10.7. The summed E-state index contributed by atoms with van der Waals surface area (Å²) in [6.07, 6.45) is 0.527. The second-order valence-corrected chi connectivity index (χ2v) is 14.5. The Morgan fingerprint density at radius 3 is 1.89 bits per heavy atom. The highest BCUT2D eigenvalue weighted by atomic mass is 19.4. The van der Waals surface area contributed by atoms with Gasteiger partial charge in [0.1, 0.15) is 11.9 Å². The number of rotatable bonds is 12. The van der Waals surface area contributed by atoms with Gasteiger partial charge in [-0.1, -0.05) is 91.0 Å². The molecule has 5 aromatic rings. The van der Waals surface area contributed by atoms with E-state index in [9.17, 15) is 22.8 Å². The third-order valence-corrected chi connectivity index (χ3v) is 10.7. The van der Waals surface area contributed by atoms with Crippen molar-refractivity contribution in [3.8, 4) is 0 Å². The van der Waals surface area contributed by atoms with Crippen LogP contribution in [0.15, 0.2) is 140 Å². The van der Waals surface area contributed by atoms with Crippen molar-refractivity contribution in [3.63, 3.8) is 0 Å². The van der Waals surface area contributed by atoms with E-state index < -0.39 is 23.7 Å². The van der Waals surface area contributed by atoms with Crippen molar-refractivity contribution in [1.82, 2.24) is 19.7 Å². The number of alkyl halides is 3. The molecule has 2 saturated heterocycles. The van der Waals surface area contributed by atoms with Gasteiger partial charge in [-0.05, 0) is 64.7 Å². The topological polar surface area (TPSA) is 63.2 Å². The average molecular weight is 773 g/mol. The Kier molecular flexibility index (Phi) is 12.6. The van der Waals surface area contributed by atoms with Crippen LogP contribution in [-0.2, 0) is 35.3 Å². The molecule has 0 spiro atoms. The van der Waals surface area contributed by atoms with E-state index in [1.165, 1.54) is 29.8 Å². The number of nitrogens with zero attached hydrogens (tertiary/aromatic N) is 6. The normalized spacial score (nSPS) is 15.8. The Morgan fingerprint density at radius 1 is 0.667 bits per heavy atom. The number of benzene rings is 4. The molecule has 1 atom stereocenters. The molecule has 8 nitrogen and oxygen atoms in total. The molecule has 0 radical (unpaired) electrons.